The molecule has 3 rings (SSSR count). The van der Waals surface area contributed by atoms with Crippen LogP contribution in [0.2, 0.25) is 5.02 Å². The van der Waals surface area contributed by atoms with Gasteiger partial charge in [-0.15, -0.1) is 0 Å². The van der Waals surface area contributed by atoms with E-state index in [-0.39, 0.29) is 27.0 Å². The van der Waals surface area contributed by atoms with Crippen molar-refractivity contribution >= 4 is 27.4 Å². The number of benzene rings is 1. The Balaban J connectivity index is 2.17. The first-order valence-corrected chi connectivity index (χ1v) is 10.2. The van der Waals surface area contributed by atoms with Crippen LogP contribution in [0.4, 0.5) is 0 Å². The molecule has 0 saturated carbocycles. The van der Waals surface area contributed by atoms with Gasteiger partial charge in [0.1, 0.15) is 5.69 Å². The Morgan fingerprint density at radius 3 is 2.54 bits per heavy atom. The molecule has 0 amide bonds. The number of rotatable bonds is 5. The van der Waals surface area contributed by atoms with Crippen molar-refractivity contribution < 1.29 is 17.9 Å². The van der Waals surface area contributed by atoms with Gasteiger partial charge < -0.3 is 4.74 Å². The average Bonchev–Trinajstić information content (AvgIpc) is 3.20. The van der Waals surface area contributed by atoms with Gasteiger partial charge in [0.25, 0.3) is 0 Å². The molecule has 0 radical (unpaired) electrons. The first kappa shape index (κ1) is 19.8. The van der Waals surface area contributed by atoms with Gasteiger partial charge in [-0.2, -0.15) is 14.5 Å². The van der Waals surface area contributed by atoms with Crippen LogP contribution in [0.1, 0.15) is 17.3 Å². The number of ether oxygens (including phenoxy) is 1. The van der Waals surface area contributed by atoms with E-state index in [1.807, 2.05) is 6.92 Å². The Morgan fingerprint density at radius 2 is 1.96 bits per heavy atom. The van der Waals surface area contributed by atoms with Gasteiger partial charge >= 0.3 is 11.7 Å². The molecule has 0 aliphatic carbocycles. The van der Waals surface area contributed by atoms with Crippen molar-refractivity contribution in [2.75, 3.05) is 6.26 Å². The van der Waals surface area contributed by atoms with E-state index in [1.54, 1.807) is 0 Å². The number of tetrazole rings is 1. The van der Waals surface area contributed by atoms with Crippen molar-refractivity contribution in [2.24, 2.45) is 7.05 Å². The largest absolute Gasteiger partial charge is 0.404 e. The molecule has 0 spiro atoms. The van der Waals surface area contributed by atoms with E-state index < -0.39 is 21.5 Å². The quantitative estimate of drug-likeness (QED) is 0.537. The number of aromatic nitrogens is 6. The average molecular weight is 427 g/mol. The molecule has 0 bridgehead atoms. The molecule has 2 aromatic heterocycles. The number of nitrogens with zero attached hydrogens (tertiary/aromatic N) is 6. The van der Waals surface area contributed by atoms with E-state index in [0.29, 0.717) is 11.2 Å². The van der Waals surface area contributed by atoms with Crippen molar-refractivity contribution in [3.63, 3.8) is 0 Å². The molecule has 3 aromatic rings. The summed E-state index contributed by atoms with van der Waals surface area (Å²) < 4.78 is 32.7. The minimum absolute atomic E-state index is 0.148. The maximum atomic E-state index is 12.6. The molecule has 0 atom stereocenters. The molecule has 0 aliphatic heterocycles. The molecule has 0 fully saturated rings. The highest BCUT2D eigenvalue weighted by atomic mass is 35.5. The lowest BCUT2D eigenvalue weighted by Gasteiger charge is -2.12. The van der Waals surface area contributed by atoms with E-state index in [2.05, 4.69) is 15.5 Å². The van der Waals surface area contributed by atoms with Crippen LogP contribution in [0.15, 0.2) is 34.1 Å². The molecule has 0 unspecified atom stereocenters. The Kier molecular flexibility index (Phi) is 5.08. The maximum absolute atomic E-state index is 12.6. The molecule has 2 heterocycles. The van der Waals surface area contributed by atoms with Crippen LogP contribution >= 0.6 is 11.6 Å². The molecule has 11 nitrogen and oxygen atoms in total. The lowest BCUT2D eigenvalue weighted by Crippen LogP contribution is -2.24. The second-order valence-corrected chi connectivity index (χ2v) is 8.08. The molecular weight excluding hydrogens is 412 g/mol. The van der Waals surface area contributed by atoms with Crippen molar-refractivity contribution in [2.45, 2.75) is 18.4 Å². The van der Waals surface area contributed by atoms with Gasteiger partial charge in [0.2, 0.25) is 5.88 Å². The lowest BCUT2D eigenvalue weighted by atomic mass is 10.2. The second kappa shape index (κ2) is 7.20. The standard InChI is InChI=1S/C15H15ClN6O5S/c1-4-21-11(7-8-17-21)27-14(23)9-5-6-10(28(3,25)26)13(12(9)16)22-15(24)20(2)18-19-22/h5-8H,4H2,1-3H3. The molecule has 0 N–H and O–H groups in total. The number of carbonyl (C=O) groups excluding carboxylic acids is 1. The van der Waals surface area contributed by atoms with Crippen molar-refractivity contribution in [3.8, 4) is 11.6 Å². The van der Waals surface area contributed by atoms with Crippen molar-refractivity contribution in [1.29, 1.82) is 0 Å². The van der Waals surface area contributed by atoms with Crippen LogP contribution in [0, 0.1) is 0 Å². The highest BCUT2D eigenvalue weighted by molar-refractivity contribution is 7.90. The minimum Gasteiger partial charge on any atom is -0.404 e. The molecule has 28 heavy (non-hydrogen) atoms. The fourth-order valence-electron chi connectivity index (χ4n) is 2.45. The molecule has 13 heteroatoms. The van der Waals surface area contributed by atoms with E-state index in [9.17, 15) is 18.0 Å². The first-order valence-electron chi connectivity index (χ1n) is 7.91. The Morgan fingerprint density at radius 1 is 1.25 bits per heavy atom. The Bertz CT molecular complexity index is 1230. The summed E-state index contributed by atoms with van der Waals surface area (Å²) in [7, 11) is -2.46. The van der Waals surface area contributed by atoms with Crippen LogP contribution in [0.3, 0.4) is 0 Å². The second-order valence-electron chi connectivity index (χ2n) is 5.72. The van der Waals surface area contributed by atoms with Crippen LogP contribution in [-0.4, -0.2) is 50.2 Å². The summed E-state index contributed by atoms with van der Waals surface area (Å²) in [6.07, 6.45) is 2.41. The maximum Gasteiger partial charge on any atom is 0.368 e. The van der Waals surface area contributed by atoms with E-state index in [4.69, 9.17) is 16.3 Å². The number of aryl methyl sites for hydroxylation is 2. The summed E-state index contributed by atoms with van der Waals surface area (Å²) in [5, 5.41) is 10.9. The Hall–Kier alpha value is -2.99. The SMILES string of the molecule is CCn1nccc1OC(=O)c1ccc(S(C)(=O)=O)c(-n2nnn(C)c2=O)c1Cl. The van der Waals surface area contributed by atoms with Gasteiger partial charge in [-0.3, -0.25) is 0 Å². The van der Waals surface area contributed by atoms with Gasteiger partial charge in [0, 0.05) is 25.9 Å². The molecule has 0 aliphatic rings. The summed E-state index contributed by atoms with van der Waals surface area (Å²) in [6.45, 7) is 2.29. The molecule has 1 aromatic carbocycles. The summed E-state index contributed by atoms with van der Waals surface area (Å²) in [6, 6.07) is 3.86. The third kappa shape index (κ3) is 3.43. The highest BCUT2D eigenvalue weighted by Crippen LogP contribution is 2.31. The summed E-state index contributed by atoms with van der Waals surface area (Å²) in [4.78, 5) is 24.6. The summed E-state index contributed by atoms with van der Waals surface area (Å²) >= 11 is 6.32. The number of sulfone groups is 1. The number of hydrogen-bond acceptors (Lipinski definition) is 8. The number of hydrogen-bond donors (Lipinski definition) is 0. The fourth-order valence-corrected chi connectivity index (χ4v) is 3.68. The summed E-state index contributed by atoms with van der Waals surface area (Å²) in [5.74, 6) is -0.660. The van der Waals surface area contributed by atoms with Gasteiger partial charge in [0.15, 0.2) is 9.84 Å². The normalized spacial score (nSPS) is 11.6. The topological polar surface area (TPSA) is 131 Å². The van der Waals surface area contributed by atoms with Gasteiger partial charge in [-0.05, 0) is 29.5 Å². The highest BCUT2D eigenvalue weighted by Gasteiger charge is 2.26. The van der Waals surface area contributed by atoms with Crippen molar-refractivity contribution in [1.82, 2.24) is 29.6 Å². The molecular formula is C15H15ClN6O5S. The molecule has 148 valence electrons. The molecule has 0 saturated heterocycles. The number of halogens is 1. The third-order valence-corrected chi connectivity index (χ3v) is 5.32. The van der Waals surface area contributed by atoms with Crippen LogP contribution in [0.5, 0.6) is 5.88 Å². The van der Waals surface area contributed by atoms with E-state index in [1.165, 1.54) is 30.1 Å². The zero-order valence-electron chi connectivity index (χ0n) is 15.0. The zero-order chi connectivity index (χ0) is 20.6. The van der Waals surface area contributed by atoms with Gasteiger partial charge in [-0.1, -0.05) is 11.6 Å². The fraction of sp³-hybridized carbons (Fsp3) is 0.267. The monoisotopic (exact) mass is 426 g/mol. The number of esters is 1. The predicted molar refractivity (Wildman–Crippen MR) is 97.6 cm³/mol. The van der Waals surface area contributed by atoms with Crippen molar-refractivity contribution in [3.05, 3.63) is 45.5 Å². The Labute approximate surface area is 164 Å². The van der Waals surface area contributed by atoms with Gasteiger partial charge in [-0.25, -0.2) is 22.7 Å². The zero-order valence-corrected chi connectivity index (χ0v) is 16.6. The lowest BCUT2D eigenvalue weighted by molar-refractivity contribution is 0.0718. The van der Waals surface area contributed by atoms with Crippen LogP contribution < -0.4 is 10.4 Å². The first-order chi connectivity index (χ1) is 13.1. The number of carbonyl (C=O) groups is 1. The van der Waals surface area contributed by atoms with Crippen LogP contribution in [0.25, 0.3) is 5.69 Å². The van der Waals surface area contributed by atoms with E-state index in [0.717, 1.165) is 17.0 Å². The smallest absolute Gasteiger partial charge is 0.368 e. The van der Waals surface area contributed by atoms with Gasteiger partial charge in [0.05, 0.1) is 21.7 Å². The third-order valence-electron chi connectivity index (χ3n) is 3.81. The predicted octanol–water partition coefficient (Wildman–Crippen LogP) is 0.458. The summed E-state index contributed by atoms with van der Waals surface area (Å²) in [5.41, 5.74) is -1.16. The van der Waals surface area contributed by atoms with Crippen LogP contribution in [-0.2, 0) is 23.4 Å². The van der Waals surface area contributed by atoms with E-state index >= 15 is 0 Å². The minimum atomic E-state index is -3.80.